The van der Waals surface area contributed by atoms with Crippen molar-refractivity contribution in [3.63, 3.8) is 0 Å². The number of nitrogens with two attached hydrogens (primary N) is 1. The third-order valence-electron chi connectivity index (χ3n) is 12.9. The van der Waals surface area contributed by atoms with Gasteiger partial charge >= 0.3 is 0 Å². The van der Waals surface area contributed by atoms with E-state index in [1.165, 1.54) is 89.0 Å². The first-order valence-corrected chi connectivity index (χ1v) is 18.4. The molecule has 3 heterocycles. The van der Waals surface area contributed by atoms with Crippen LogP contribution in [0.25, 0.3) is 0 Å². The highest BCUT2D eigenvalue weighted by Crippen LogP contribution is 2.54. The number of para-hydroxylation sites is 1. The Hall–Kier alpha value is -1.55. The summed E-state index contributed by atoms with van der Waals surface area (Å²) in [5, 5.41) is 15.7. The van der Waals surface area contributed by atoms with Crippen LogP contribution in [-0.4, -0.2) is 60.8 Å². The Bertz CT molecular complexity index is 1130. The van der Waals surface area contributed by atoms with Gasteiger partial charge in [-0.15, -0.1) is 0 Å². The number of hydrogen-bond acceptors (Lipinski definition) is 7. The summed E-state index contributed by atoms with van der Waals surface area (Å²) < 4.78 is 0. The van der Waals surface area contributed by atoms with Crippen LogP contribution >= 0.6 is 0 Å². The van der Waals surface area contributed by atoms with Crippen molar-refractivity contribution in [2.24, 2.45) is 28.9 Å². The standard InChI is InChI=1S/C36H59N7O/c1-24-14-11-12-20-28(24)43-30(39-29-21-13-15-25(2)36(29,35(43)44)27-18-9-5-6-10-19-27)22-42-23-38-31-32(37)40-33(41-34(31)42)26-16-7-3-4-8-17-26/h11-12,14,20,25-27,29-34,38-41H,3-10,13,15-19,21-23,37H2,1-2H3. The Morgan fingerprint density at radius 3 is 2.30 bits per heavy atom. The second kappa shape index (κ2) is 13.3. The molecule has 0 radical (unpaired) electrons. The van der Waals surface area contributed by atoms with Crippen molar-refractivity contribution in [1.82, 2.24) is 26.2 Å². The van der Waals surface area contributed by atoms with Crippen molar-refractivity contribution in [3.8, 4) is 0 Å². The largest absolute Gasteiger partial charge is 0.314 e. The van der Waals surface area contributed by atoms with Gasteiger partial charge in [0.2, 0.25) is 5.91 Å². The van der Waals surface area contributed by atoms with Crippen LogP contribution in [0.5, 0.6) is 0 Å². The van der Waals surface area contributed by atoms with E-state index in [-0.39, 0.29) is 42.2 Å². The summed E-state index contributed by atoms with van der Waals surface area (Å²) in [5.41, 5.74) is 8.74. The van der Waals surface area contributed by atoms with Crippen LogP contribution in [-0.2, 0) is 4.79 Å². The summed E-state index contributed by atoms with van der Waals surface area (Å²) in [6, 6.07) is 8.95. The quantitative estimate of drug-likeness (QED) is 0.310. The van der Waals surface area contributed by atoms with E-state index in [1.54, 1.807) is 0 Å². The van der Waals surface area contributed by atoms with Gasteiger partial charge in [0.1, 0.15) is 6.17 Å². The Morgan fingerprint density at radius 2 is 1.57 bits per heavy atom. The second-order valence-corrected chi connectivity index (χ2v) is 15.3. The number of carbonyl (C=O) groups excluding carboxylic acids is 1. The summed E-state index contributed by atoms with van der Waals surface area (Å²) >= 11 is 0. The van der Waals surface area contributed by atoms with Gasteiger partial charge in [-0.3, -0.25) is 35.9 Å². The number of hydrogen-bond donors (Lipinski definition) is 5. The number of anilines is 1. The Morgan fingerprint density at radius 1 is 0.864 bits per heavy atom. The molecule has 1 aromatic rings. The third kappa shape index (κ3) is 5.56. The SMILES string of the molecule is Cc1ccccc1N1C(=O)C2(C3CCCCCC3)C(C)CCCC2NC1CN1CNC2C(N)NC(C3CCCCCC3)NC21. The van der Waals surface area contributed by atoms with E-state index >= 15 is 4.79 Å². The first-order chi connectivity index (χ1) is 21.5. The molecule has 3 saturated carbocycles. The number of fused-ring (bicyclic) bond motifs is 2. The predicted molar refractivity (Wildman–Crippen MR) is 178 cm³/mol. The lowest BCUT2D eigenvalue weighted by atomic mass is 9.54. The smallest absolute Gasteiger partial charge is 0.236 e. The van der Waals surface area contributed by atoms with Crippen molar-refractivity contribution in [1.29, 1.82) is 0 Å². The van der Waals surface area contributed by atoms with Crippen LogP contribution in [0.3, 0.4) is 0 Å². The molecule has 0 aromatic heterocycles. The lowest BCUT2D eigenvalue weighted by Crippen LogP contribution is -2.76. The van der Waals surface area contributed by atoms with Crippen molar-refractivity contribution >= 4 is 11.6 Å². The monoisotopic (exact) mass is 605 g/mol. The van der Waals surface area contributed by atoms with Gasteiger partial charge in [0.25, 0.3) is 0 Å². The van der Waals surface area contributed by atoms with Crippen molar-refractivity contribution in [2.45, 2.75) is 147 Å². The molecule has 3 saturated heterocycles. The van der Waals surface area contributed by atoms with Crippen LogP contribution in [0.4, 0.5) is 5.69 Å². The number of nitrogens with one attached hydrogen (secondary N) is 4. The summed E-state index contributed by atoms with van der Waals surface area (Å²) in [7, 11) is 0. The summed E-state index contributed by atoms with van der Waals surface area (Å²) in [4.78, 5) is 20.2. The average Bonchev–Trinajstić information content (AvgIpc) is 3.21. The maximum atomic E-state index is 15.5. The van der Waals surface area contributed by atoms with Gasteiger partial charge in [-0.1, -0.05) is 82.9 Å². The first kappa shape index (κ1) is 31.1. The van der Waals surface area contributed by atoms with Crippen LogP contribution in [0.2, 0.25) is 0 Å². The number of amides is 1. The highest BCUT2D eigenvalue weighted by atomic mass is 16.2. The van der Waals surface area contributed by atoms with Crippen LogP contribution in [0.15, 0.2) is 24.3 Å². The zero-order chi connectivity index (χ0) is 30.3. The van der Waals surface area contributed by atoms with Gasteiger partial charge in [0.05, 0.1) is 36.6 Å². The fourth-order valence-corrected chi connectivity index (χ4v) is 10.6. The van der Waals surface area contributed by atoms with Crippen molar-refractivity contribution < 1.29 is 4.79 Å². The number of rotatable bonds is 5. The molecule has 1 aromatic carbocycles. The minimum absolute atomic E-state index is 0.0809. The molecule has 3 aliphatic carbocycles. The summed E-state index contributed by atoms with van der Waals surface area (Å²) in [6.45, 7) is 6.12. The molecule has 1 amide bonds. The van der Waals surface area contributed by atoms with Crippen molar-refractivity contribution in [3.05, 3.63) is 29.8 Å². The van der Waals surface area contributed by atoms with E-state index in [0.29, 0.717) is 23.7 Å². The molecule has 8 unspecified atom stereocenters. The molecule has 8 heteroatoms. The van der Waals surface area contributed by atoms with Crippen molar-refractivity contribution in [2.75, 3.05) is 18.1 Å². The van der Waals surface area contributed by atoms with Crippen LogP contribution < -0.4 is 31.9 Å². The molecule has 0 spiro atoms. The van der Waals surface area contributed by atoms with Crippen LogP contribution in [0.1, 0.15) is 109 Å². The van der Waals surface area contributed by atoms with Crippen LogP contribution in [0, 0.1) is 30.1 Å². The molecule has 244 valence electrons. The normalized spacial score (nSPS) is 39.8. The fourth-order valence-electron chi connectivity index (χ4n) is 10.6. The Balaban J connectivity index is 1.20. The van der Waals surface area contributed by atoms with E-state index in [1.807, 2.05) is 0 Å². The maximum absolute atomic E-state index is 15.5. The number of aryl methyl sites for hydroxylation is 1. The Kier molecular flexibility index (Phi) is 9.38. The lowest BCUT2D eigenvalue weighted by Gasteiger charge is -2.59. The molecular weight excluding hydrogens is 546 g/mol. The first-order valence-electron chi connectivity index (χ1n) is 18.4. The zero-order valence-electron chi connectivity index (χ0n) is 27.4. The van der Waals surface area contributed by atoms with Gasteiger partial charge in [-0.25, -0.2) is 0 Å². The van der Waals surface area contributed by atoms with Gasteiger partial charge in [-0.05, 0) is 74.8 Å². The molecule has 6 aliphatic rings. The summed E-state index contributed by atoms with van der Waals surface area (Å²) in [6.07, 6.45) is 19.1. The molecular formula is C36H59N7O. The Labute approximate surface area is 266 Å². The predicted octanol–water partition coefficient (Wildman–Crippen LogP) is 4.73. The molecule has 6 N–H and O–H groups in total. The van der Waals surface area contributed by atoms with E-state index in [2.05, 4.69) is 69.2 Å². The van der Waals surface area contributed by atoms with Gasteiger partial charge in [-0.2, -0.15) is 0 Å². The minimum atomic E-state index is -0.326. The molecule has 7 rings (SSSR count). The highest BCUT2D eigenvalue weighted by molar-refractivity contribution is 6.00. The number of carbonyl (C=O) groups is 1. The molecule has 44 heavy (non-hydrogen) atoms. The second-order valence-electron chi connectivity index (χ2n) is 15.3. The van der Waals surface area contributed by atoms with Gasteiger partial charge < -0.3 is 5.73 Å². The minimum Gasteiger partial charge on any atom is -0.314 e. The van der Waals surface area contributed by atoms with E-state index < -0.39 is 0 Å². The number of benzene rings is 1. The van der Waals surface area contributed by atoms with E-state index in [4.69, 9.17) is 5.73 Å². The molecule has 8 nitrogen and oxygen atoms in total. The van der Waals surface area contributed by atoms with Gasteiger partial charge in [0.15, 0.2) is 0 Å². The highest BCUT2D eigenvalue weighted by Gasteiger charge is 2.61. The maximum Gasteiger partial charge on any atom is 0.236 e. The molecule has 0 bridgehead atoms. The molecule has 3 aliphatic heterocycles. The lowest BCUT2D eigenvalue weighted by molar-refractivity contribution is -0.148. The molecule has 6 fully saturated rings. The number of nitrogens with zero attached hydrogens (tertiary/aromatic N) is 2. The topological polar surface area (TPSA) is 97.7 Å². The molecule has 8 atom stereocenters. The van der Waals surface area contributed by atoms with E-state index in [0.717, 1.165) is 31.7 Å². The fraction of sp³-hybridized carbons (Fsp3) is 0.806. The van der Waals surface area contributed by atoms with Gasteiger partial charge in [0, 0.05) is 18.3 Å². The third-order valence-corrected chi connectivity index (χ3v) is 12.9. The average molecular weight is 606 g/mol. The summed E-state index contributed by atoms with van der Waals surface area (Å²) in [5.74, 6) is 1.86. The van der Waals surface area contributed by atoms with E-state index in [9.17, 15) is 0 Å². The zero-order valence-corrected chi connectivity index (χ0v) is 27.4.